The van der Waals surface area contributed by atoms with E-state index < -0.39 is 5.97 Å². The summed E-state index contributed by atoms with van der Waals surface area (Å²) < 4.78 is 7.52. The van der Waals surface area contributed by atoms with Crippen molar-refractivity contribution < 1.29 is 24.6 Å². The topological polar surface area (TPSA) is 107 Å². The molecule has 0 bridgehead atoms. The van der Waals surface area contributed by atoms with E-state index in [-0.39, 0.29) is 23.8 Å². The molecule has 7 rings (SSSR count). The Labute approximate surface area is 231 Å². The van der Waals surface area contributed by atoms with Crippen molar-refractivity contribution in [2.45, 2.75) is 58.0 Å². The Kier molecular flexibility index (Phi) is 5.46. The molecule has 8 nitrogen and oxygen atoms in total. The van der Waals surface area contributed by atoms with E-state index in [2.05, 4.69) is 32.9 Å². The molecular weight excluding hydrogens is 506 g/mol. The highest BCUT2D eigenvalue weighted by Gasteiger charge is 2.47. The lowest BCUT2D eigenvalue weighted by Gasteiger charge is -2.49. The van der Waals surface area contributed by atoms with E-state index >= 15 is 0 Å². The van der Waals surface area contributed by atoms with Crippen molar-refractivity contribution in [2.75, 3.05) is 0 Å². The van der Waals surface area contributed by atoms with Gasteiger partial charge in [-0.3, -0.25) is 0 Å². The number of nitrogens with zero attached hydrogens (tertiary/aromatic N) is 3. The molecule has 0 saturated heterocycles. The smallest absolute Gasteiger partial charge is 0.337 e. The van der Waals surface area contributed by atoms with Crippen molar-refractivity contribution in [2.24, 2.45) is 11.8 Å². The Balaban J connectivity index is 1.37. The van der Waals surface area contributed by atoms with Crippen LogP contribution in [0.3, 0.4) is 0 Å². The predicted molar refractivity (Wildman–Crippen MR) is 152 cm³/mol. The quantitative estimate of drug-likeness (QED) is 0.214. The Morgan fingerprint density at radius 3 is 2.50 bits per heavy atom. The van der Waals surface area contributed by atoms with Gasteiger partial charge in [0.2, 0.25) is 11.8 Å². The zero-order valence-corrected chi connectivity index (χ0v) is 22.7. The van der Waals surface area contributed by atoms with Crippen LogP contribution in [0.4, 0.5) is 0 Å². The van der Waals surface area contributed by atoms with Gasteiger partial charge in [0, 0.05) is 34.4 Å². The average molecular weight is 538 g/mol. The number of aromatic hydroxyl groups is 2. The van der Waals surface area contributed by atoms with Crippen molar-refractivity contribution >= 4 is 38.8 Å². The van der Waals surface area contributed by atoms with E-state index in [4.69, 9.17) is 19.5 Å². The number of carbonyl (C=O) groups is 1. The highest BCUT2D eigenvalue weighted by molar-refractivity contribution is 6.11. The van der Waals surface area contributed by atoms with Crippen LogP contribution in [0, 0.1) is 11.8 Å². The third kappa shape index (κ3) is 3.85. The number of hydrogen-bond acceptors (Lipinski definition) is 7. The third-order valence-corrected chi connectivity index (χ3v) is 8.74. The molecule has 3 heterocycles. The van der Waals surface area contributed by atoms with E-state index in [1.54, 1.807) is 0 Å². The zero-order valence-electron chi connectivity index (χ0n) is 22.7. The summed E-state index contributed by atoms with van der Waals surface area (Å²) in [6, 6.07) is 16.3. The number of ether oxygens (including phenoxy) is 1. The average Bonchev–Trinajstić information content (AvgIpc) is 3.23. The predicted octanol–water partition coefficient (Wildman–Crippen LogP) is 6.04. The van der Waals surface area contributed by atoms with Gasteiger partial charge in [0.25, 0.3) is 0 Å². The van der Waals surface area contributed by atoms with E-state index in [0.29, 0.717) is 33.6 Å². The summed E-state index contributed by atoms with van der Waals surface area (Å²) in [5.41, 5.74) is 4.72. The minimum absolute atomic E-state index is 0.0674. The van der Waals surface area contributed by atoms with Crippen LogP contribution in [-0.2, 0) is 11.2 Å². The highest BCUT2D eigenvalue weighted by Crippen LogP contribution is 2.56. The minimum Gasteiger partial charge on any atom is -0.492 e. The second-order valence-electron chi connectivity index (χ2n) is 11.9. The van der Waals surface area contributed by atoms with Crippen LogP contribution in [-0.4, -0.2) is 36.5 Å². The maximum absolute atomic E-state index is 12.6. The molecule has 3 aromatic carbocycles. The van der Waals surface area contributed by atoms with Crippen molar-refractivity contribution in [3.05, 3.63) is 65.7 Å². The fourth-order valence-corrected chi connectivity index (χ4v) is 6.85. The van der Waals surface area contributed by atoms with Gasteiger partial charge in [-0.15, -0.1) is 4.73 Å². The fraction of sp³-hybridized carbons (Fsp3) is 0.344. The second-order valence-corrected chi connectivity index (χ2v) is 11.9. The fourth-order valence-electron chi connectivity index (χ4n) is 6.85. The molecule has 204 valence electrons. The van der Waals surface area contributed by atoms with Gasteiger partial charge in [0.15, 0.2) is 0 Å². The molecule has 2 N–H and O–H groups in total. The standard InChI is InChI=1S/C32H31N3O5/c1-17-8-10-22-21(14-17)28-30-29(19-6-4-5-7-20(19)31(28)39-32(22,2)3)33-23-11-9-18(15-24(23)34-30)16-27(38)40-35-25(36)12-13-26(35)37/h4-7,9,11-13,15,17,21-22,36-37H,8,10,14,16H2,1-3H3. The maximum atomic E-state index is 12.6. The van der Waals surface area contributed by atoms with E-state index in [1.165, 1.54) is 18.6 Å². The number of fused-ring (bicyclic) bond motifs is 9. The van der Waals surface area contributed by atoms with E-state index in [1.807, 2.05) is 30.3 Å². The molecule has 0 amide bonds. The van der Waals surface area contributed by atoms with Crippen LogP contribution >= 0.6 is 0 Å². The normalized spacial score (nSPS) is 21.6. The number of benzene rings is 3. The minimum atomic E-state index is -0.632. The molecule has 5 aromatic rings. The summed E-state index contributed by atoms with van der Waals surface area (Å²) >= 11 is 0. The van der Waals surface area contributed by atoms with Gasteiger partial charge < -0.3 is 19.8 Å². The van der Waals surface area contributed by atoms with E-state index in [9.17, 15) is 15.0 Å². The molecule has 1 saturated carbocycles. The van der Waals surface area contributed by atoms with Gasteiger partial charge in [-0.1, -0.05) is 43.7 Å². The zero-order chi connectivity index (χ0) is 27.8. The molecule has 40 heavy (non-hydrogen) atoms. The van der Waals surface area contributed by atoms with Gasteiger partial charge in [-0.2, -0.15) is 0 Å². The summed E-state index contributed by atoms with van der Waals surface area (Å²) in [5, 5.41) is 21.7. The van der Waals surface area contributed by atoms with Crippen LogP contribution in [0.5, 0.6) is 17.5 Å². The molecule has 3 unspecified atom stereocenters. The number of hydrogen-bond donors (Lipinski definition) is 2. The summed E-state index contributed by atoms with van der Waals surface area (Å²) in [6.45, 7) is 6.77. The van der Waals surface area contributed by atoms with Crippen LogP contribution < -0.4 is 9.57 Å². The summed E-state index contributed by atoms with van der Waals surface area (Å²) in [5.74, 6) is 0.895. The van der Waals surface area contributed by atoms with Crippen molar-refractivity contribution in [1.29, 1.82) is 0 Å². The van der Waals surface area contributed by atoms with Crippen LogP contribution in [0.25, 0.3) is 32.8 Å². The summed E-state index contributed by atoms with van der Waals surface area (Å²) in [7, 11) is 0. The molecule has 2 aromatic heterocycles. The van der Waals surface area contributed by atoms with Gasteiger partial charge in [-0.25, -0.2) is 14.8 Å². The molecule has 2 aliphatic rings. The van der Waals surface area contributed by atoms with Gasteiger partial charge in [0.1, 0.15) is 11.4 Å². The van der Waals surface area contributed by atoms with Crippen molar-refractivity contribution in [1.82, 2.24) is 14.7 Å². The van der Waals surface area contributed by atoms with Gasteiger partial charge >= 0.3 is 5.97 Å². The second kappa shape index (κ2) is 8.84. The van der Waals surface area contributed by atoms with Crippen molar-refractivity contribution in [3.63, 3.8) is 0 Å². The molecule has 1 aliphatic heterocycles. The lowest BCUT2D eigenvalue weighted by Crippen LogP contribution is -2.46. The summed E-state index contributed by atoms with van der Waals surface area (Å²) in [6.07, 6.45) is 3.33. The number of rotatable bonds is 3. The van der Waals surface area contributed by atoms with E-state index in [0.717, 1.165) is 51.5 Å². The Bertz CT molecular complexity index is 1810. The van der Waals surface area contributed by atoms with Crippen LogP contribution in [0.1, 0.15) is 57.1 Å². The maximum Gasteiger partial charge on any atom is 0.337 e. The Morgan fingerprint density at radius 2 is 1.73 bits per heavy atom. The first-order chi connectivity index (χ1) is 19.2. The first-order valence-electron chi connectivity index (χ1n) is 13.8. The molecular formula is C32H31N3O5. The first-order valence-corrected chi connectivity index (χ1v) is 13.8. The van der Waals surface area contributed by atoms with Gasteiger partial charge in [0.05, 0.1) is 28.5 Å². The molecule has 1 aliphatic carbocycles. The largest absolute Gasteiger partial charge is 0.492 e. The number of aromatic nitrogens is 3. The Morgan fingerprint density at radius 1 is 1.00 bits per heavy atom. The molecule has 0 radical (unpaired) electrons. The molecule has 0 spiro atoms. The lowest BCUT2D eigenvalue weighted by molar-refractivity contribution is -0.144. The van der Waals surface area contributed by atoms with Crippen LogP contribution in [0.15, 0.2) is 54.6 Å². The van der Waals surface area contributed by atoms with Crippen molar-refractivity contribution in [3.8, 4) is 17.5 Å². The SMILES string of the molecule is CC1CCC2C(C1)c1c(c3ccccc3c3nc4ccc(CC(=O)On5c(O)ccc5O)cc4nc13)OC2(C)C. The highest BCUT2D eigenvalue weighted by atomic mass is 16.7. The summed E-state index contributed by atoms with van der Waals surface area (Å²) in [4.78, 5) is 28.0. The molecule has 8 heteroatoms. The molecule has 1 fully saturated rings. The molecule has 3 atom stereocenters. The Hall–Kier alpha value is -4.33. The van der Waals surface area contributed by atoms with Crippen LogP contribution in [0.2, 0.25) is 0 Å². The van der Waals surface area contributed by atoms with Gasteiger partial charge in [-0.05, 0) is 56.2 Å². The lowest BCUT2D eigenvalue weighted by atomic mass is 9.64. The monoisotopic (exact) mass is 537 g/mol. The number of carbonyl (C=O) groups excluding carboxylic acids is 1. The first kappa shape index (κ1) is 24.7. The third-order valence-electron chi connectivity index (χ3n) is 8.74.